The van der Waals surface area contributed by atoms with Crippen molar-refractivity contribution in [2.45, 2.75) is 0 Å². The third-order valence-corrected chi connectivity index (χ3v) is 1.97. The number of carbonyl (C=O) groups excluding carboxylic acids is 1. The molecule has 0 aliphatic rings. The van der Waals surface area contributed by atoms with Crippen LogP contribution in [0.25, 0.3) is 5.83 Å². The number of rotatable bonds is 2. The third-order valence-electron chi connectivity index (χ3n) is 1.87. The van der Waals surface area contributed by atoms with Crippen molar-refractivity contribution in [1.29, 1.82) is 0 Å². The maximum Gasteiger partial charge on any atom is 0.318 e. The number of hydrogen-bond donors (Lipinski definition) is 1. The van der Waals surface area contributed by atoms with Gasteiger partial charge in [0.25, 0.3) is 0 Å². The molecule has 0 radical (unpaired) electrons. The van der Waals surface area contributed by atoms with Gasteiger partial charge in [0.15, 0.2) is 23.3 Å². The fourth-order valence-electron chi connectivity index (χ4n) is 1.13. The van der Waals surface area contributed by atoms with E-state index in [1.807, 2.05) is 0 Å². The van der Waals surface area contributed by atoms with Crippen molar-refractivity contribution < 1.29 is 35.5 Å². The second-order valence-electron chi connectivity index (χ2n) is 2.98. The monoisotopic (exact) mass is 307 g/mol. The molecular weight excluding hydrogens is 307 g/mol. The summed E-state index contributed by atoms with van der Waals surface area (Å²) < 4.78 is 89.3. The van der Waals surface area contributed by atoms with E-state index in [2.05, 4.69) is 11.6 Å². The zero-order valence-corrected chi connectivity index (χ0v) is 9.19. The van der Waals surface area contributed by atoms with Crippen LogP contribution >= 0.6 is 11.6 Å². The number of anilines is 1. The van der Waals surface area contributed by atoms with Crippen LogP contribution in [0.3, 0.4) is 0 Å². The van der Waals surface area contributed by atoms with Gasteiger partial charge in [0, 0.05) is 0 Å². The van der Waals surface area contributed by atoms with Gasteiger partial charge < -0.3 is 5.32 Å². The first-order valence-electron chi connectivity index (χ1n) is 4.22. The molecule has 0 spiro atoms. The Balaban J connectivity index is 3.66. The fraction of sp³-hybridized carbons (Fsp3) is 0. The Morgan fingerprint density at radius 3 is 1.63 bits per heavy atom. The number of nitrogens with one attached hydrogen (secondary N) is 1. The van der Waals surface area contributed by atoms with Crippen molar-refractivity contribution in [2.24, 2.45) is 0 Å². The molecule has 0 atom stereocenters. The van der Waals surface area contributed by atoms with Gasteiger partial charge in [0.1, 0.15) is 5.69 Å². The van der Waals surface area contributed by atoms with Crippen molar-refractivity contribution in [3.05, 3.63) is 34.9 Å². The van der Waals surface area contributed by atoms with Gasteiger partial charge in [0.05, 0.1) is 5.56 Å². The zero-order valence-electron chi connectivity index (χ0n) is 8.43. The second-order valence-corrected chi connectivity index (χ2v) is 3.32. The molecule has 0 bridgehead atoms. The molecule has 0 unspecified atom stereocenters. The summed E-state index contributed by atoms with van der Waals surface area (Å²) in [6.07, 6.45) is -3.18. The predicted molar refractivity (Wildman–Crippen MR) is 51.4 cm³/mol. The zero-order chi connectivity index (χ0) is 14.9. The topological polar surface area (TPSA) is 29.1 Å². The molecule has 0 aliphatic heterocycles. The minimum atomic E-state index is -3.18. The SMILES string of the molecule is O=C(Cl)Nc1c(F)c(F)c(C(F)=C(F)F)c(F)c1F. The van der Waals surface area contributed by atoms with Crippen molar-refractivity contribution in [3.8, 4) is 0 Å². The first kappa shape index (κ1) is 15.3. The van der Waals surface area contributed by atoms with Gasteiger partial charge in [-0.3, -0.25) is 4.79 Å². The summed E-state index contributed by atoms with van der Waals surface area (Å²) in [5.74, 6) is -12.2. The molecule has 0 saturated carbocycles. The summed E-state index contributed by atoms with van der Waals surface area (Å²) in [5, 5.41) is -0.411. The summed E-state index contributed by atoms with van der Waals surface area (Å²) in [5.41, 5.74) is -3.88. The van der Waals surface area contributed by atoms with Crippen LogP contribution in [0.5, 0.6) is 0 Å². The molecule has 0 aromatic heterocycles. The maximum absolute atomic E-state index is 13.2. The minimum Gasteiger partial charge on any atom is -0.307 e. The molecule has 0 saturated heterocycles. The van der Waals surface area contributed by atoms with Crippen LogP contribution in [-0.2, 0) is 0 Å². The third kappa shape index (κ3) is 2.80. The molecule has 2 nitrogen and oxygen atoms in total. The predicted octanol–water partition coefficient (Wildman–Crippen LogP) is 4.55. The van der Waals surface area contributed by atoms with Gasteiger partial charge in [-0.2, -0.15) is 8.78 Å². The second kappa shape index (κ2) is 5.47. The van der Waals surface area contributed by atoms with Gasteiger partial charge in [-0.05, 0) is 11.6 Å². The number of benzene rings is 1. The molecular formula is C9HClF7NO. The standard InChI is InChI=1S/C9HClF7NO/c10-9(19)18-7-5(14)2(11)1(3(12)6(7)15)4(13)8(16)17/h(H,18,19). The van der Waals surface area contributed by atoms with Crippen molar-refractivity contribution in [3.63, 3.8) is 0 Å². The number of halogens is 8. The lowest BCUT2D eigenvalue weighted by molar-refractivity contribution is 0.268. The minimum absolute atomic E-state index is 1.19. The van der Waals surface area contributed by atoms with E-state index in [9.17, 15) is 35.5 Å². The summed E-state index contributed by atoms with van der Waals surface area (Å²) in [6.45, 7) is 0. The lowest BCUT2D eigenvalue weighted by atomic mass is 10.1. The molecule has 0 aliphatic carbocycles. The van der Waals surface area contributed by atoms with E-state index >= 15 is 0 Å². The van der Waals surface area contributed by atoms with Crippen molar-refractivity contribution >= 4 is 28.5 Å². The van der Waals surface area contributed by atoms with Crippen LogP contribution in [0.15, 0.2) is 6.08 Å². The number of carbonyl (C=O) groups is 1. The Labute approximate surface area is 105 Å². The average Bonchev–Trinajstić information content (AvgIpc) is 2.32. The smallest absolute Gasteiger partial charge is 0.307 e. The molecule has 1 N–H and O–H groups in total. The largest absolute Gasteiger partial charge is 0.318 e. The first-order chi connectivity index (χ1) is 8.68. The van der Waals surface area contributed by atoms with Crippen molar-refractivity contribution in [2.75, 3.05) is 5.32 Å². The van der Waals surface area contributed by atoms with E-state index in [0.29, 0.717) is 0 Å². The Hall–Kier alpha value is -1.77. The van der Waals surface area contributed by atoms with Gasteiger partial charge in [-0.1, -0.05) is 0 Å². The molecule has 1 aromatic rings. The average molecular weight is 308 g/mol. The van der Waals surface area contributed by atoms with Crippen LogP contribution in [0.1, 0.15) is 5.56 Å². The van der Waals surface area contributed by atoms with E-state index in [4.69, 9.17) is 0 Å². The summed E-state index contributed by atoms with van der Waals surface area (Å²) in [4.78, 5) is 10.3. The van der Waals surface area contributed by atoms with E-state index in [1.165, 1.54) is 5.32 Å². The van der Waals surface area contributed by atoms with Crippen LogP contribution in [-0.4, -0.2) is 5.37 Å². The highest BCUT2D eigenvalue weighted by Crippen LogP contribution is 2.34. The van der Waals surface area contributed by atoms with E-state index in [1.54, 1.807) is 0 Å². The highest BCUT2D eigenvalue weighted by Gasteiger charge is 2.30. The molecule has 104 valence electrons. The fourth-order valence-corrected chi connectivity index (χ4v) is 1.22. The van der Waals surface area contributed by atoms with E-state index in [-0.39, 0.29) is 0 Å². The maximum atomic E-state index is 13.2. The van der Waals surface area contributed by atoms with E-state index < -0.39 is 51.8 Å². The Morgan fingerprint density at radius 2 is 1.32 bits per heavy atom. The van der Waals surface area contributed by atoms with E-state index in [0.717, 1.165) is 0 Å². The molecule has 19 heavy (non-hydrogen) atoms. The lowest BCUT2D eigenvalue weighted by Crippen LogP contribution is -2.11. The molecule has 10 heteroatoms. The van der Waals surface area contributed by atoms with Crippen LogP contribution in [0, 0.1) is 23.3 Å². The highest BCUT2D eigenvalue weighted by atomic mass is 35.5. The summed E-state index contributed by atoms with van der Waals surface area (Å²) >= 11 is 4.68. The molecule has 1 amide bonds. The van der Waals surface area contributed by atoms with Crippen LogP contribution in [0.2, 0.25) is 0 Å². The van der Waals surface area contributed by atoms with Crippen LogP contribution in [0.4, 0.5) is 41.2 Å². The molecule has 1 aromatic carbocycles. The van der Waals surface area contributed by atoms with Gasteiger partial charge in [0.2, 0.25) is 5.83 Å². The summed E-state index contributed by atoms with van der Waals surface area (Å²) in [6, 6.07) is 0. The van der Waals surface area contributed by atoms with Crippen molar-refractivity contribution in [1.82, 2.24) is 0 Å². The molecule has 0 fully saturated rings. The summed E-state index contributed by atoms with van der Waals surface area (Å²) in [7, 11) is 0. The Kier molecular flexibility index (Phi) is 4.40. The number of amides is 1. The number of hydrogen-bond acceptors (Lipinski definition) is 1. The first-order valence-corrected chi connectivity index (χ1v) is 4.59. The molecule has 0 heterocycles. The van der Waals surface area contributed by atoms with Crippen LogP contribution < -0.4 is 5.32 Å². The van der Waals surface area contributed by atoms with Gasteiger partial charge in [-0.25, -0.2) is 22.0 Å². The molecule has 1 rings (SSSR count). The Bertz CT molecular complexity index is 553. The lowest BCUT2D eigenvalue weighted by Gasteiger charge is -2.10. The Morgan fingerprint density at radius 1 is 0.895 bits per heavy atom. The normalized spacial score (nSPS) is 10.3. The highest BCUT2D eigenvalue weighted by molar-refractivity contribution is 6.65. The quantitative estimate of drug-likeness (QED) is 0.369. The van der Waals surface area contributed by atoms with Gasteiger partial charge in [-0.15, -0.1) is 0 Å². The van der Waals surface area contributed by atoms with Gasteiger partial charge >= 0.3 is 11.4 Å².